The molecule has 3 rings (SSSR count). The molecule has 0 bridgehead atoms. The average molecular weight is 408 g/mol. The first-order valence-electron chi connectivity index (χ1n) is 7.32. The summed E-state index contributed by atoms with van der Waals surface area (Å²) in [6.07, 6.45) is 1.45. The van der Waals surface area contributed by atoms with E-state index >= 15 is 0 Å². The molecule has 0 aliphatic heterocycles. The van der Waals surface area contributed by atoms with Crippen molar-refractivity contribution in [2.75, 3.05) is 11.9 Å². The number of rotatable bonds is 5. The number of halogens is 2. The zero-order chi connectivity index (χ0) is 18.5. The lowest BCUT2D eigenvalue weighted by Crippen LogP contribution is -2.21. The van der Waals surface area contributed by atoms with Gasteiger partial charge in [-0.2, -0.15) is 0 Å². The Hall–Kier alpha value is -2.48. The van der Waals surface area contributed by atoms with Crippen LogP contribution in [0.1, 0.15) is 10.4 Å². The fourth-order valence-electron chi connectivity index (χ4n) is 2.03. The minimum absolute atomic E-state index is 0.0159. The summed E-state index contributed by atoms with van der Waals surface area (Å²) in [4.78, 5) is 31.9. The highest BCUT2D eigenvalue weighted by molar-refractivity contribution is 7.14. The molecular formula is C17H11Cl2N3O3S. The van der Waals surface area contributed by atoms with E-state index in [0.29, 0.717) is 15.8 Å². The van der Waals surface area contributed by atoms with Gasteiger partial charge >= 0.3 is 5.97 Å². The Labute approximate surface area is 162 Å². The summed E-state index contributed by atoms with van der Waals surface area (Å²) in [6, 6.07) is 10.3. The molecule has 0 unspecified atom stereocenters. The van der Waals surface area contributed by atoms with E-state index in [1.54, 1.807) is 17.5 Å². The lowest BCUT2D eigenvalue weighted by Gasteiger charge is -2.05. The first-order chi connectivity index (χ1) is 12.5. The van der Waals surface area contributed by atoms with Crippen molar-refractivity contribution in [3.8, 4) is 11.3 Å². The normalized spacial score (nSPS) is 10.4. The van der Waals surface area contributed by atoms with E-state index in [2.05, 4.69) is 15.3 Å². The lowest BCUT2D eigenvalue weighted by atomic mass is 10.2. The third-order valence-corrected chi connectivity index (χ3v) is 4.60. The molecule has 0 saturated carbocycles. The number of esters is 1. The quantitative estimate of drug-likeness (QED) is 0.503. The maximum absolute atomic E-state index is 11.9. The second-order valence-electron chi connectivity index (χ2n) is 4.98. The van der Waals surface area contributed by atoms with Crippen LogP contribution in [0, 0.1) is 0 Å². The number of pyridine rings is 1. The van der Waals surface area contributed by atoms with Crippen molar-refractivity contribution in [3.63, 3.8) is 0 Å². The van der Waals surface area contributed by atoms with E-state index in [9.17, 15) is 9.59 Å². The molecule has 9 heteroatoms. The summed E-state index contributed by atoms with van der Waals surface area (Å²) < 4.78 is 4.93. The van der Waals surface area contributed by atoms with Gasteiger partial charge in [-0.15, -0.1) is 11.3 Å². The van der Waals surface area contributed by atoms with E-state index in [4.69, 9.17) is 27.9 Å². The van der Waals surface area contributed by atoms with Gasteiger partial charge in [0.15, 0.2) is 11.7 Å². The monoisotopic (exact) mass is 407 g/mol. The number of anilines is 1. The summed E-state index contributed by atoms with van der Waals surface area (Å²) in [5, 5.41) is 5.31. The van der Waals surface area contributed by atoms with Gasteiger partial charge in [-0.3, -0.25) is 10.1 Å². The third kappa shape index (κ3) is 4.37. The third-order valence-electron chi connectivity index (χ3n) is 3.21. The zero-order valence-corrected chi connectivity index (χ0v) is 15.4. The highest BCUT2D eigenvalue weighted by Crippen LogP contribution is 2.30. The highest BCUT2D eigenvalue weighted by atomic mass is 35.5. The molecule has 26 heavy (non-hydrogen) atoms. The smallest absolute Gasteiger partial charge is 0.341 e. The van der Waals surface area contributed by atoms with E-state index in [0.717, 1.165) is 5.56 Å². The van der Waals surface area contributed by atoms with Gasteiger partial charge in [0.1, 0.15) is 5.15 Å². The molecule has 1 N–H and O–H groups in total. The first kappa shape index (κ1) is 18.3. The molecule has 1 amide bonds. The molecule has 0 aliphatic carbocycles. The average Bonchev–Trinajstić information content (AvgIpc) is 3.08. The minimum atomic E-state index is -0.728. The lowest BCUT2D eigenvalue weighted by molar-refractivity contribution is -0.119. The number of nitrogens with zero attached hydrogens (tertiary/aromatic N) is 2. The Balaban J connectivity index is 1.58. The van der Waals surface area contributed by atoms with Crippen LogP contribution in [0.25, 0.3) is 11.3 Å². The Morgan fingerprint density at radius 3 is 2.73 bits per heavy atom. The van der Waals surface area contributed by atoms with Crippen molar-refractivity contribution in [2.24, 2.45) is 0 Å². The fourth-order valence-corrected chi connectivity index (χ4v) is 3.18. The van der Waals surface area contributed by atoms with Crippen LogP contribution in [0.2, 0.25) is 10.2 Å². The Morgan fingerprint density at radius 1 is 1.15 bits per heavy atom. The molecular weight excluding hydrogens is 397 g/mol. The van der Waals surface area contributed by atoms with Crippen LogP contribution in [0.15, 0.2) is 48.0 Å². The Morgan fingerprint density at radius 2 is 1.96 bits per heavy atom. The van der Waals surface area contributed by atoms with Gasteiger partial charge in [-0.25, -0.2) is 14.8 Å². The molecule has 0 fully saturated rings. The molecule has 2 aromatic heterocycles. The maximum Gasteiger partial charge on any atom is 0.341 e. The molecule has 1 aromatic carbocycles. The van der Waals surface area contributed by atoms with E-state index in [1.165, 1.54) is 23.6 Å². The largest absolute Gasteiger partial charge is 0.452 e. The van der Waals surface area contributed by atoms with Gasteiger partial charge in [0.25, 0.3) is 5.91 Å². The maximum atomic E-state index is 11.9. The zero-order valence-electron chi connectivity index (χ0n) is 13.1. The number of thiazole rings is 1. The molecule has 0 saturated heterocycles. The summed E-state index contributed by atoms with van der Waals surface area (Å²) in [5.74, 6) is -1.24. The summed E-state index contributed by atoms with van der Waals surface area (Å²) in [7, 11) is 0. The molecule has 0 spiro atoms. The standard InChI is InChI=1S/C17H11Cl2N3O3S/c18-12-6-2-1-4-10(12)13-9-26-17(21-13)22-14(23)8-25-16(24)11-5-3-7-20-15(11)19/h1-7,9H,8H2,(H,21,22,23). The van der Waals surface area contributed by atoms with Crippen LogP contribution in [0.3, 0.4) is 0 Å². The molecule has 0 atom stereocenters. The summed E-state index contributed by atoms with van der Waals surface area (Å²) >= 11 is 13.2. The molecule has 0 radical (unpaired) electrons. The van der Waals surface area contributed by atoms with Crippen molar-refractivity contribution in [1.82, 2.24) is 9.97 Å². The summed E-state index contributed by atoms with van der Waals surface area (Å²) in [5.41, 5.74) is 1.51. The molecule has 6 nitrogen and oxygen atoms in total. The van der Waals surface area contributed by atoms with E-state index < -0.39 is 18.5 Å². The number of nitrogens with one attached hydrogen (secondary N) is 1. The van der Waals surface area contributed by atoms with Crippen molar-refractivity contribution in [3.05, 3.63) is 63.7 Å². The predicted molar refractivity (Wildman–Crippen MR) is 101 cm³/mol. The fraction of sp³-hybridized carbons (Fsp3) is 0.0588. The van der Waals surface area contributed by atoms with Gasteiger partial charge in [-0.1, -0.05) is 41.4 Å². The first-order valence-corrected chi connectivity index (χ1v) is 8.96. The SMILES string of the molecule is O=C(COC(=O)c1cccnc1Cl)Nc1nc(-c2ccccc2Cl)cs1. The topological polar surface area (TPSA) is 81.2 Å². The number of hydrogen-bond donors (Lipinski definition) is 1. The Bertz CT molecular complexity index is 962. The Kier molecular flexibility index (Phi) is 5.82. The molecule has 2 heterocycles. The van der Waals surface area contributed by atoms with Crippen molar-refractivity contribution in [1.29, 1.82) is 0 Å². The van der Waals surface area contributed by atoms with Crippen molar-refractivity contribution >= 4 is 51.5 Å². The number of ether oxygens (including phenoxy) is 1. The second-order valence-corrected chi connectivity index (χ2v) is 6.61. The molecule has 3 aromatic rings. The van der Waals surface area contributed by atoms with Gasteiger partial charge in [0.05, 0.1) is 11.3 Å². The van der Waals surface area contributed by atoms with Gasteiger partial charge < -0.3 is 4.74 Å². The van der Waals surface area contributed by atoms with Crippen LogP contribution in [-0.4, -0.2) is 28.5 Å². The van der Waals surface area contributed by atoms with Crippen molar-refractivity contribution < 1.29 is 14.3 Å². The molecule has 132 valence electrons. The number of amides is 1. The number of carbonyl (C=O) groups excluding carboxylic acids is 2. The van der Waals surface area contributed by atoms with Gasteiger partial charge in [-0.05, 0) is 18.2 Å². The highest BCUT2D eigenvalue weighted by Gasteiger charge is 2.15. The van der Waals surface area contributed by atoms with Gasteiger partial charge in [0.2, 0.25) is 0 Å². The van der Waals surface area contributed by atoms with E-state index in [1.807, 2.05) is 18.2 Å². The second kappa shape index (κ2) is 8.27. The van der Waals surface area contributed by atoms with Crippen LogP contribution < -0.4 is 5.32 Å². The van der Waals surface area contributed by atoms with E-state index in [-0.39, 0.29) is 10.7 Å². The summed E-state index contributed by atoms with van der Waals surface area (Å²) in [6.45, 7) is -0.467. The number of hydrogen-bond acceptors (Lipinski definition) is 6. The molecule has 0 aliphatic rings. The van der Waals surface area contributed by atoms with Crippen LogP contribution >= 0.6 is 34.5 Å². The van der Waals surface area contributed by atoms with Crippen LogP contribution in [0.4, 0.5) is 5.13 Å². The van der Waals surface area contributed by atoms with Crippen LogP contribution in [-0.2, 0) is 9.53 Å². The van der Waals surface area contributed by atoms with Crippen molar-refractivity contribution in [2.45, 2.75) is 0 Å². The number of benzene rings is 1. The van der Waals surface area contributed by atoms with Crippen LogP contribution in [0.5, 0.6) is 0 Å². The predicted octanol–water partition coefficient (Wildman–Crippen LogP) is 4.31. The van der Waals surface area contributed by atoms with Gasteiger partial charge in [0, 0.05) is 22.2 Å². The number of aromatic nitrogens is 2. The number of carbonyl (C=O) groups is 2. The minimum Gasteiger partial charge on any atom is -0.452 e.